The molecule has 0 saturated heterocycles. The van der Waals surface area contributed by atoms with Crippen LogP contribution in [0.3, 0.4) is 0 Å². The van der Waals surface area contributed by atoms with Crippen molar-refractivity contribution in [3.05, 3.63) is 47.5 Å². The van der Waals surface area contributed by atoms with Crippen molar-refractivity contribution in [3.8, 4) is 0 Å². The van der Waals surface area contributed by atoms with Crippen molar-refractivity contribution in [2.45, 2.75) is 137 Å². The molecule has 3 heteroatoms. The normalized spacial score (nSPS) is 15.1. The van der Waals surface area contributed by atoms with Crippen LogP contribution in [0.1, 0.15) is 120 Å². The standard InChI is InChI=1S/C35H63P3/c1-23(2)30-17-19-32(34(21-30)37(15,26(7)8)27(9)10)36(25(5)6)33-20-18-31(24(3)4)22-35(33)38(16,28(11)12)29(13)14/h17-29,37-38H,1-16H3. The summed E-state index contributed by atoms with van der Waals surface area (Å²) in [7, 11) is -3.98. The maximum atomic E-state index is 2.68. The third-order valence-corrected chi connectivity index (χ3v) is 26.4. The van der Waals surface area contributed by atoms with Crippen molar-refractivity contribution in [2.24, 2.45) is 0 Å². The van der Waals surface area contributed by atoms with E-state index in [0.717, 1.165) is 0 Å². The van der Waals surface area contributed by atoms with E-state index in [1.165, 1.54) is 11.1 Å². The molecular formula is C35H63P3. The molecule has 38 heavy (non-hydrogen) atoms. The van der Waals surface area contributed by atoms with E-state index in [4.69, 9.17) is 0 Å². The first-order chi connectivity index (χ1) is 17.4. The molecule has 0 unspecified atom stereocenters. The van der Waals surface area contributed by atoms with Crippen LogP contribution in [0.2, 0.25) is 0 Å². The molecule has 0 bridgehead atoms. The van der Waals surface area contributed by atoms with Gasteiger partial charge in [-0.2, -0.15) is 0 Å². The van der Waals surface area contributed by atoms with Gasteiger partial charge in [-0.05, 0) is 0 Å². The zero-order valence-corrected chi connectivity index (χ0v) is 30.8. The third kappa shape index (κ3) is 6.45. The quantitative estimate of drug-likeness (QED) is 0.234. The molecule has 218 valence electrons. The van der Waals surface area contributed by atoms with Gasteiger partial charge in [-0.1, -0.05) is 0 Å². The fraction of sp³-hybridized carbons (Fsp3) is 0.657. The molecule has 0 atom stereocenters. The zero-order chi connectivity index (χ0) is 29.3. The van der Waals surface area contributed by atoms with Crippen LogP contribution >= 0.6 is 22.4 Å². The van der Waals surface area contributed by atoms with E-state index < -0.39 is 22.4 Å². The Balaban J connectivity index is 3.07. The van der Waals surface area contributed by atoms with Gasteiger partial charge in [-0.3, -0.25) is 0 Å². The SMILES string of the molecule is CC(C)c1ccc(P(c2ccc(C(C)C)cc2[PH](C)(C(C)C)C(C)C)C(C)C)c([PH](C)(C(C)C)C(C)C)c1. The Morgan fingerprint density at radius 1 is 0.474 bits per heavy atom. The molecule has 2 rings (SSSR count). The van der Waals surface area contributed by atoms with E-state index in [-0.39, 0.29) is 0 Å². The van der Waals surface area contributed by atoms with Crippen molar-refractivity contribution in [1.29, 1.82) is 0 Å². The summed E-state index contributed by atoms with van der Waals surface area (Å²) in [6, 6.07) is 15.5. The minimum absolute atomic E-state index is 0.473. The molecule has 0 amide bonds. The summed E-state index contributed by atoms with van der Waals surface area (Å²) in [6.07, 6.45) is 0. The van der Waals surface area contributed by atoms with Crippen molar-refractivity contribution in [3.63, 3.8) is 0 Å². The molecule has 0 nitrogen and oxygen atoms in total. The summed E-state index contributed by atoms with van der Waals surface area (Å²) >= 11 is 0. The molecule has 0 N–H and O–H groups in total. The average molecular weight is 577 g/mol. The molecule has 0 radical (unpaired) electrons. The molecule has 2 aromatic rings. The van der Waals surface area contributed by atoms with Gasteiger partial charge >= 0.3 is 242 Å². The fourth-order valence-electron chi connectivity index (χ4n) is 6.37. The Morgan fingerprint density at radius 2 is 0.763 bits per heavy atom. The van der Waals surface area contributed by atoms with Crippen LogP contribution in [0.4, 0.5) is 0 Å². The average Bonchev–Trinajstić information content (AvgIpc) is 2.82. The predicted molar refractivity (Wildman–Crippen MR) is 191 cm³/mol. The van der Waals surface area contributed by atoms with Crippen LogP contribution in [-0.4, -0.2) is 41.6 Å². The second-order valence-corrected chi connectivity index (χ2v) is 28.1. The Hall–Kier alpha value is -0.270. The van der Waals surface area contributed by atoms with Gasteiger partial charge in [0, 0.05) is 0 Å². The van der Waals surface area contributed by atoms with Crippen molar-refractivity contribution >= 4 is 43.7 Å². The molecule has 2 aromatic carbocycles. The predicted octanol–water partition coefficient (Wildman–Crippen LogP) is 9.42. The van der Waals surface area contributed by atoms with Gasteiger partial charge in [-0.15, -0.1) is 0 Å². The summed E-state index contributed by atoms with van der Waals surface area (Å²) in [5, 5.41) is 6.89. The molecule has 0 fully saturated rings. The van der Waals surface area contributed by atoms with Crippen LogP contribution < -0.4 is 21.2 Å². The molecule has 0 heterocycles. The maximum absolute atomic E-state index is 2.68. The Bertz CT molecular complexity index is 961. The monoisotopic (exact) mass is 576 g/mol. The fourth-order valence-corrected chi connectivity index (χ4v) is 18.4. The van der Waals surface area contributed by atoms with Crippen molar-refractivity contribution < 1.29 is 0 Å². The summed E-state index contributed by atoms with van der Waals surface area (Å²) < 4.78 is 0. The van der Waals surface area contributed by atoms with E-state index in [1.807, 2.05) is 0 Å². The van der Waals surface area contributed by atoms with Gasteiger partial charge in [0.25, 0.3) is 0 Å². The number of hydrogen-bond donors (Lipinski definition) is 0. The van der Waals surface area contributed by atoms with Gasteiger partial charge in [0.1, 0.15) is 0 Å². The molecule has 0 saturated carbocycles. The first-order valence-electron chi connectivity index (χ1n) is 15.5. The Kier molecular flexibility index (Phi) is 11.7. The first kappa shape index (κ1) is 33.9. The van der Waals surface area contributed by atoms with E-state index in [1.54, 1.807) is 21.2 Å². The van der Waals surface area contributed by atoms with E-state index in [0.29, 0.717) is 40.1 Å². The van der Waals surface area contributed by atoms with Crippen LogP contribution in [0, 0.1) is 0 Å². The molecule has 0 aromatic heterocycles. The molecule has 0 aliphatic heterocycles. The summed E-state index contributed by atoms with van der Waals surface area (Å²) in [5.74, 6) is 1.12. The van der Waals surface area contributed by atoms with E-state index in [2.05, 4.69) is 147 Å². The molecule has 0 spiro atoms. The van der Waals surface area contributed by atoms with E-state index >= 15 is 0 Å². The minimum atomic E-state index is -1.75. The zero-order valence-electron chi connectivity index (χ0n) is 28.0. The third-order valence-electron chi connectivity index (χ3n) is 10.4. The van der Waals surface area contributed by atoms with Gasteiger partial charge in [0.15, 0.2) is 0 Å². The molecular weight excluding hydrogens is 513 g/mol. The van der Waals surface area contributed by atoms with Gasteiger partial charge < -0.3 is 0 Å². The second kappa shape index (κ2) is 13.1. The number of rotatable bonds is 11. The van der Waals surface area contributed by atoms with Crippen LogP contribution in [0.15, 0.2) is 36.4 Å². The second-order valence-electron chi connectivity index (χ2n) is 14.5. The molecule has 0 aliphatic carbocycles. The topological polar surface area (TPSA) is 0 Å². The van der Waals surface area contributed by atoms with Crippen molar-refractivity contribution in [1.82, 2.24) is 0 Å². The van der Waals surface area contributed by atoms with Crippen LogP contribution in [0.5, 0.6) is 0 Å². The summed E-state index contributed by atoms with van der Waals surface area (Å²) in [6.45, 7) is 39.8. The summed E-state index contributed by atoms with van der Waals surface area (Å²) in [4.78, 5) is 0. The number of hydrogen-bond acceptors (Lipinski definition) is 0. The van der Waals surface area contributed by atoms with Gasteiger partial charge in [-0.25, -0.2) is 0 Å². The van der Waals surface area contributed by atoms with Gasteiger partial charge in [0.2, 0.25) is 0 Å². The first-order valence-corrected chi connectivity index (χ1v) is 22.2. The van der Waals surface area contributed by atoms with Crippen LogP contribution in [0.25, 0.3) is 0 Å². The molecule has 0 aliphatic rings. The van der Waals surface area contributed by atoms with Crippen LogP contribution in [-0.2, 0) is 0 Å². The van der Waals surface area contributed by atoms with E-state index in [9.17, 15) is 0 Å². The van der Waals surface area contributed by atoms with Gasteiger partial charge in [0.05, 0.1) is 0 Å². The summed E-state index contributed by atoms with van der Waals surface area (Å²) in [5.41, 5.74) is 6.47. The Labute approximate surface area is 241 Å². The Morgan fingerprint density at radius 3 is 0.974 bits per heavy atom. The van der Waals surface area contributed by atoms with Crippen molar-refractivity contribution in [2.75, 3.05) is 13.3 Å². The number of benzene rings is 2.